The Kier molecular flexibility index (Phi) is 3.62. The van der Waals surface area contributed by atoms with Crippen LogP contribution in [0.2, 0.25) is 0 Å². The highest BCUT2D eigenvalue weighted by Gasteiger charge is 2.61. The van der Waals surface area contributed by atoms with Gasteiger partial charge >= 0.3 is 6.01 Å². The molecule has 4 aromatic rings. The zero-order chi connectivity index (χ0) is 22.5. The summed E-state index contributed by atoms with van der Waals surface area (Å²) in [6, 6.07) is 1.98. The molecule has 1 saturated carbocycles. The Labute approximate surface area is 188 Å². The molecule has 4 N–H and O–H groups in total. The highest BCUT2D eigenvalue weighted by molar-refractivity contribution is 6.16. The first-order valence-corrected chi connectivity index (χ1v) is 11.2. The molecule has 3 atom stereocenters. The first-order chi connectivity index (χ1) is 16.0. The second kappa shape index (κ2) is 6.28. The molecule has 1 saturated heterocycles. The van der Waals surface area contributed by atoms with Crippen LogP contribution in [-0.4, -0.2) is 50.6 Å². The molecule has 0 bridgehead atoms. The van der Waals surface area contributed by atoms with E-state index in [0.29, 0.717) is 34.9 Å². The fourth-order valence-electron chi connectivity index (χ4n) is 5.91. The average molecular weight is 446 g/mol. The summed E-state index contributed by atoms with van der Waals surface area (Å²) in [5.74, 6) is 1.65. The number of hydrogen-bond donors (Lipinski definition) is 3. The molecule has 1 spiro atoms. The molecule has 3 aliphatic rings. The number of hydrogen-bond acceptors (Lipinski definition) is 8. The highest BCUT2D eigenvalue weighted by Crippen LogP contribution is 2.57. The number of H-pyrrole nitrogens is 1. The Bertz CT molecular complexity index is 1450. The summed E-state index contributed by atoms with van der Waals surface area (Å²) in [6.07, 6.45) is 5.85. The van der Waals surface area contributed by atoms with Gasteiger partial charge in [0.2, 0.25) is 0 Å². The van der Waals surface area contributed by atoms with Crippen LogP contribution in [-0.2, 0) is 6.42 Å². The Morgan fingerprint density at radius 1 is 1.27 bits per heavy atom. The van der Waals surface area contributed by atoms with E-state index in [1.54, 1.807) is 25.5 Å². The van der Waals surface area contributed by atoms with E-state index in [0.717, 1.165) is 41.5 Å². The van der Waals surface area contributed by atoms with Gasteiger partial charge in [0.25, 0.3) is 0 Å². The number of aromatic nitrogens is 5. The van der Waals surface area contributed by atoms with Crippen molar-refractivity contribution in [2.45, 2.75) is 38.3 Å². The van der Waals surface area contributed by atoms with Gasteiger partial charge in [0, 0.05) is 42.0 Å². The predicted octanol–water partition coefficient (Wildman–Crippen LogP) is 3.03. The summed E-state index contributed by atoms with van der Waals surface area (Å²) in [5, 5.41) is 4.77. The second-order valence-electron chi connectivity index (χ2n) is 9.36. The molecule has 2 fully saturated rings. The van der Waals surface area contributed by atoms with Crippen molar-refractivity contribution >= 4 is 33.4 Å². The van der Waals surface area contributed by atoms with Gasteiger partial charge in [0.15, 0.2) is 5.75 Å². The van der Waals surface area contributed by atoms with Crippen LogP contribution < -0.4 is 20.7 Å². The number of rotatable bonds is 3. The van der Waals surface area contributed by atoms with Gasteiger partial charge in [-0.1, -0.05) is 0 Å². The van der Waals surface area contributed by atoms with Gasteiger partial charge in [-0.05, 0) is 32.3 Å². The summed E-state index contributed by atoms with van der Waals surface area (Å²) in [6.45, 7) is 2.62. The average Bonchev–Trinajstić information content (AvgIpc) is 3.12. The monoisotopic (exact) mass is 446 g/mol. The molecular weight excluding hydrogens is 423 g/mol. The number of nitrogens with one attached hydrogen (secondary N) is 2. The number of aromatic amines is 1. The van der Waals surface area contributed by atoms with Gasteiger partial charge in [-0.3, -0.25) is 0 Å². The summed E-state index contributed by atoms with van der Waals surface area (Å²) in [7, 11) is 1.78. The molecule has 3 unspecified atom stereocenters. The molecular formula is C23H23FN8O. The fourth-order valence-corrected chi connectivity index (χ4v) is 5.91. The number of nitrogens with two attached hydrogens (primary N) is 1. The van der Waals surface area contributed by atoms with E-state index < -0.39 is 0 Å². The number of aryl methyl sites for hydroxylation is 1. The molecule has 10 heteroatoms. The minimum absolute atomic E-state index is 0.0106. The molecule has 33 heavy (non-hydrogen) atoms. The van der Waals surface area contributed by atoms with Crippen molar-refractivity contribution < 1.29 is 9.13 Å². The normalized spacial score (nSPS) is 25.2. The van der Waals surface area contributed by atoms with Crippen LogP contribution in [0.25, 0.3) is 21.9 Å². The molecule has 1 aromatic carbocycles. The molecule has 0 amide bonds. The minimum Gasteiger partial charge on any atom is -0.421 e. The van der Waals surface area contributed by atoms with E-state index in [4.69, 9.17) is 15.5 Å². The molecule has 0 radical (unpaired) electrons. The van der Waals surface area contributed by atoms with Crippen LogP contribution in [0.5, 0.6) is 11.8 Å². The van der Waals surface area contributed by atoms with E-state index in [1.807, 2.05) is 6.92 Å². The van der Waals surface area contributed by atoms with Gasteiger partial charge in [-0.15, -0.1) is 0 Å². The second-order valence-corrected chi connectivity index (χ2v) is 9.36. The topological polar surface area (TPSA) is 118 Å². The molecule has 5 heterocycles. The first kappa shape index (κ1) is 19.0. The SMILES string of the molecule is CNc1cc(F)c2c3c1[nH]c1nc(Oc4cnc(C)nc4)nc(c13)N1CC3(CCC3N)C1C2. The third-order valence-electron chi connectivity index (χ3n) is 7.81. The third kappa shape index (κ3) is 2.38. The van der Waals surface area contributed by atoms with Crippen LogP contribution in [0.4, 0.5) is 15.9 Å². The summed E-state index contributed by atoms with van der Waals surface area (Å²) >= 11 is 0. The maximum Gasteiger partial charge on any atom is 0.326 e. The molecule has 3 aromatic heterocycles. The quantitative estimate of drug-likeness (QED) is 0.440. The van der Waals surface area contributed by atoms with Gasteiger partial charge < -0.3 is 25.7 Å². The Morgan fingerprint density at radius 2 is 2.09 bits per heavy atom. The van der Waals surface area contributed by atoms with Crippen molar-refractivity contribution in [2.75, 3.05) is 23.8 Å². The minimum atomic E-state index is -0.215. The lowest BCUT2D eigenvalue weighted by Gasteiger charge is -2.65. The Balaban J connectivity index is 1.46. The number of benzene rings is 1. The van der Waals surface area contributed by atoms with Crippen LogP contribution in [0, 0.1) is 18.2 Å². The van der Waals surface area contributed by atoms with Crippen molar-refractivity contribution in [3.05, 3.63) is 35.7 Å². The molecule has 168 valence electrons. The van der Waals surface area contributed by atoms with E-state index in [1.165, 1.54) is 0 Å². The van der Waals surface area contributed by atoms with Crippen LogP contribution in [0.3, 0.4) is 0 Å². The first-order valence-electron chi connectivity index (χ1n) is 11.2. The molecule has 7 rings (SSSR count). The molecule has 1 aliphatic carbocycles. The predicted molar refractivity (Wildman–Crippen MR) is 122 cm³/mol. The zero-order valence-corrected chi connectivity index (χ0v) is 18.3. The number of fused-ring (bicyclic) bond motifs is 3. The van der Waals surface area contributed by atoms with Crippen molar-refractivity contribution in [1.29, 1.82) is 0 Å². The Morgan fingerprint density at radius 3 is 2.79 bits per heavy atom. The zero-order valence-electron chi connectivity index (χ0n) is 18.3. The largest absolute Gasteiger partial charge is 0.421 e. The third-order valence-corrected chi connectivity index (χ3v) is 7.81. The van der Waals surface area contributed by atoms with E-state index >= 15 is 4.39 Å². The van der Waals surface area contributed by atoms with Crippen molar-refractivity contribution in [3.63, 3.8) is 0 Å². The summed E-state index contributed by atoms with van der Waals surface area (Å²) in [4.78, 5) is 23.5. The fraction of sp³-hybridized carbons (Fsp3) is 0.391. The maximum absolute atomic E-state index is 15.4. The summed E-state index contributed by atoms with van der Waals surface area (Å²) < 4.78 is 21.3. The number of anilines is 2. The van der Waals surface area contributed by atoms with E-state index in [-0.39, 0.29) is 29.3 Å². The van der Waals surface area contributed by atoms with Gasteiger partial charge in [0.05, 0.1) is 29.0 Å². The smallest absolute Gasteiger partial charge is 0.326 e. The van der Waals surface area contributed by atoms with E-state index in [9.17, 15) is 0 Å². The highest BCUT2D eigenvalue weighted by atomic mass is 19.1. The Hall–Kier alpha value is -3.53. The number of halogens is 1. The van der Waals surface area contributed by atoms with Crippen LogP contribution >= 0.6 is 0 Å². The van der Waals surface area contributed by atoms with Gasteiger partial charge in [-0.2, -0.15) is 9.97 Å². The van der Waals surface area contributed by atoms with Crippen molar-refractivity contribution in [3.8, 4) is 11.8 Å². The van der Waals surface area contributed by atoms with Crippen LogP contribution in [0.1, 0.15) is 24.2 Å². The standard InChI is InChI=1S/C23H23FN8O/c1-10-27-7-11(8-28-10)33-22-30-20-18-17-12(13(24)6-14(26-2)19(17)29-20)5-16-23(4-3-15(23)25)9-32(16)21(18)31-22/h6-8,15-16,26H,3-5,9,25H2,1-2H3,(H,29,30,31). The van der Waals surface area contributed by atoms with Gasteiger partial charge in [0.1, 0.15) is 23.1 Å². The van der Waals surface area contributed by atoms with Gasteiger partial charge in [-0.25, -0.2) is 14.4 Å². The lowest BCUT2D eigenvalue weighted by molar-refractivity contribution is 0.00166. The number of nitrogens with zero attached hydrogens (tertiary/aromatic N) is 5. The van der Waals surface area contributed by atoms with Crippen molar-refractivity contribution in [2.24, 2.45) is 11.1 Å². The lowest BCUT2D eigenvalue weighted by atomic mass is 9.54. The number of ether oxygens (including phenoxy) is 1. The molecule has 9 nitrogen and oxygen atoms in total. The lowest BCUT2D eigenvalue weighted by Crippen LogP contribution is -2.76. The molecule has 2 aliphatic heterocycles. The summed E-state index contributed by atoms with van der Waals surface area (Å²) in [5.41, 5.74) is 9.30. The van der Waals surface area contributed by atoms with E-state index in [2.05, 4.69) is 30.2 Å². The van der Waals surface area contributed by atoms with Crippen LogP contribution in [0.15, 0.2) is 18.5 Å². The van der Waals surface area contributed by atoms with Crippen molar-refractivity contribution in [1.82, 2.24) is 24.9 Å². The maximum atomic E-state index is 15.4.